The summed E-state index contributed by atoms with van der Waals surface area (Å²) in [5, 5.41) is 10.7. The molecule has 11 heteroatoms. The average molecular weight is 551 g/mol. The van der Waals surface area contributed by atoms with E-state index in [0.717, 1.165) is 30.1 Å². The van der Waals surface area contributed by atoms with E-state index in [1.54, 1.807) is 30.3 Å². The van der Waals surface area contributed by atoms with E-state index < -0.39 is 21.7 Å². The lowest BCUT2D eigenvalue weighted by Gasteiger charge is -2.21. The maximum Gasteiger partial charge on any atom is 0.347 e. The Morgan fingerprint density at radius 2 is 1.76 bits per heavy atom. The standard InChI is InChI=1S/C27H22N2O7S2/c1-3-29(4-2)15-9-11-19-21(13-15)36-27(32)24(23(19)17-7-5-6-8-18(17)26(30)31)25-28-20-12-10-16(38(33,34)35)14-22(20)37-25/h5-14H,3-4H2,1-2H3,(H,30,31)(H,33,34,35). The van der Waals surface area contributed by atoms with Crippen LogP contribution in [0.3, 0.4) is 0 Å². The van der Waals surface area contributed by atoms with Crippen LogP contribution in [0.25, 0.3) is 42.9 Å². The third-order valence-electron chi connectivity index (χ3n) is 6.32. The number of nitrogens with zero attached hydrogens (tertiary/aromatic N) is 2. The van der Waals surface area contributed by atoms with Crippen LogP contribution in [0.4, 0.5) is 5.69 Å². The summed E-state index contributed by atoms with van der Waals surface area (Å²) in [6.45, 7) is 5.52. The Bertz CT molecular complexity index is 1890. The molecule has 0 saturated carbocycles. The quantitative estimate of drug-likeness (QED) is 0.198. The number of carboxylic acids is 1. The van der Waals surface area contributed by atoms with E-state index >= 15 is 0 Å². The van der Waals surface area contributed by atoms with Crippen LogP contribution in [0.1, 0.15) is 24.2 Å². The van der Waals surface area contributed by atoms with Crippen molar-refractivity contribution in [3.05, 3.63) is 76.6 Å². The molecule has 0 radical (unpaired) electrons. The number of hydrogen-bond donors (Lipinski definition) is 2. The van der Waals surface area contributed by atoms with Gasteiger partial charge >= 0.3 is 11.6 Å². The van der Waals surface area contributed by atoms with Gasteiger partial charge in [0, 0.05) is 35.8 Å². The minimum Gasteiger partial charge on any atom is -0.478 e. The highest BCUT2D eigenvalue weighted by Gasteiger charge is 2.25. The Kier molecular flexibility index (Phi) is 6.51. The van der Waals surface area contributed by atoms with Gasteiger partial charge in [-0.25, -0.2) is 14.6 Å². The summed E-state index contributed by atoms with van der Waals surface area (Å²) in [4.78, 5) is 32.0. The number of thiazole rings is 1. The minimum absolute atomic E-state index is 0.00300. The maximum absolute atomic E-state index is 13.5. The molecule has 0 saturated heterocycles. The van der Waals surface area contributed by atoms with Crippen molar-refractivity contribution >= 4 is 54.3 Å². The topological polar surface area (TPSA) is 138 Å². The smallest absolute Gasteiger partial charge is 0.347 e. The SMILES string of the molecule is CCN(CC)c1ccc2c(-c3ccccc3C(=O)O)c(-c3nc4ccc(S(=O)(=O)O)cc4s3)c(=O)oc2c1. The summed E-state index contributed by atoms with van der Waals surface area (Å²) in [7, 11) is -4.44. The van der Waals surface area contributed by atoms with Gasteiger partial charge in [-0.15, -0.1) is 11.3 Å². The fraction of sp³-hybridized carbons (Fsp3) is 0.148. The molecule has 2 aromatic heterocycles. The zero-order valence-corrected chi connectivity index (χ0v) is 22.0. The lowest BCUT2D eigenvalue weighted by molar-refractivity contribution is 0.0697. The zero-order chi connectivity index (χ0) is 27.2. The van der Waals surface area contributed by atoms with Gasteiger partial charge in [-0.3, -0.25) is 4.55 Å². The molecule has 0 aliphatic carbocycles. The predicted octanol–water partition coefficient (Wildman–Crippen LogP) is 5.53. The van der Waals surface area contributed by atoms with Gasteiger partial charge in [0.2, 0.25) is 0 Å². The van der Waals surface area contributed by atoms with E-state index in [4.69, 9.17) is 4.42 Å². The number of hydrogen-bond acceptors (Lipinski definition) is 8. The number of aromatic nitrogens is 1. The summed E-state index contributed by atoms with van der Waals surface area (Å²) in [6, 6.07) is 15.8. The average Bonchev–Trinajstić information content (AvgIpc) is 3.31. The van der Waals surface area contributed by atoms with Crippen LogP contribution in [0.15, 0.2) is 74.8 Å². The summed E-state index contributed by atoms with van der Waals surface area (Å²) < 4.78 is 38.9. The molecule has 0 aliphatic rings. The summed E-state index contributed by atoms with van der Waals surface area (Å²) in [5.74, 6) is -1.16. The number of benzene rings is 3. The van der Waals surface area contributed by atoms with Gasteiger partial charge in [0.15, 0.2) is 0 Å². The highest BCUT2D eigenvalue weighted by atomic mass is 32.2. The maximum atomic E-state index is 13.5. The van der Waals surface area contributed by atoms with Crippen molar-refractivity contribution in [1.82, 2.24) is 4.98 Å². The third-order valence-corrected chi connectivity index (χ3v) is 8.20. The number of anilines is 1. The first-order valence-electron chi connectivity index (χ1n) is 11.7. The Labute approximate surface area is 221 Å². The first kappa shape index (κ1) is 25.6. The molecule has 2 heterocycles. The molecule has 2 N–H and O–H groups in total. The van der Waals surface area contributed by atoms with Crippen LogP contribution in [0, 0.1) is 0 Å². The van der Waals surface area contributed by atoms with E-state index in [9.17, 15) is 27.7 Å². The van der Waals surface area contributed by atoms with Crippen LogP contribution in [-0.2, 0) is 10.1 Å². The monoisotopic (exact) mass is 550 g/mol. The van der Waals surface area contributed by atoms with Gasteiger partial charge in [-0.2, -0.15) is 8.42 Å². The first-order chi connectivity index (χ1) is 18.1. The van der Waals surface area contributed by atoms with Crippen molar-refractivity contribution in [3.8, 4) is 21.7 Å². The van der Waals surface area contributed by atoms with Gasteiger partial charge in [0.25, 0.3) is 10.1 Å². The van der Waals surface area contributed by atoms with Crippen LogP contribution in [-0.4, -0.2) is 42.1 Å². The highest BCUT2D eigenvalue weighted by Crippen LogP contribution is 2.41. The number of aromatic carboxylic acids is 1. The van der Waals surface area contributed by atoms with E-state index in [1.165, 1.54) is 24.3 Å². The molecule has 0 spiro atoms. The largest absolute Gasteiger partial charge is 0.478 e. The second-order valence-corrected chi connectivity index (χ2v) is 10.9. The van der Waals surface area contributed by atoms with E-state index in [1.807, 2.05) is 19.9 Å². The van der Waals surface area contributed by atoms with Gasteiger partial charge in [-0.1, -0.05) is 18.2 Å². The molecule has 0 amide bonds. The van der Waals surface area contributed by atoms with Crippen LogP contribution >= 0.6 is 11.3 Å². The molecule has 194 valence electrons. The fourth-order valence-electron chi connectivity index (χ4n) is 4.51. The Balaban J connectivity index is 1.86. The van der Waals surface area contributed by atoms with Crippen molar-refractivity contribution in [3.63, 3.8) is 0 Å². The van der Waals surface area contributed by atoms with Crippen LogP contribution in [0.5, 0.6) is 0 Å². The third kappa shape index (κ3) is 4.44. The van der Waals surface area contributed by atoms with Gasteiger partial charge in [-0.05, 0) is 55.8 Å². The molecule has 5 aromatic rings. The molecule has 0 aliphatic heterocycles. The lowest BCUT2D eigenvalue weighted by atomic mass is 9.93. The summed E-state index contributed by atoms with van der Waals surface area (Å²) >= 11 is 1.04. The molecule has 0 unspecified atom stereocenters. The summed E-state index contributed by atoms with van der Waals surface area (Å²) in [6.07, 6.45) is 0. The zero-order valence-electron chi connectivity index (χ0n) is 20.3. The minimum atomic E-state index is -4.44. The molecule has 0 fully saturated rings. The molecule has 38 heavy (non-hydrogen) atoms. The molecule has 3 aromatic carbocycles. The predicted molar refractivity (Wildman–Crippen MR) is 147 cm³/mol. The van der Waals surface area contributed by atoms with Crippen molar-refractivity contribution in [2.45, 2.75) is 18.7 Å². The van der Waals surface area contributed by atoms with Crippen LogP contribution < -0.4 is 10.5 Å². The van der Waals surface area contributed by atoms with E-state index in [0.29, 0.717) is 32.3 Å². The molecule has 5 rings (SSSR count). The molecular weight excluding hydrogens is 528 g/mol. The first-order valence-corrected chi connectivity index (χ1v) is 13.9. The highest BCUT2D eigenvalue weighted by molar-refractivity contribution is 7.85. The number of fused-ring (bicyclic) bond motifs is 2. The molecule has 0 bridgehead atoms. The molecular formula is C27H22N2O7S2. The van der Waals surface area contributed by atoms with Crippen LogP contribution in [0.2, 0.25) is 0 Å². The van der Waals surface area contributed by atoms with E-state index in [-0.39, 0.29) is 21.0 Å². The van der Waals surface area contributed by atoms with E-state index in [2.05, 4.69) is 9.88 Å². The van der Waals surface area contributed by atoms with Crippen molar-refractivity contribution in [2.24, 2.45) is 0 Å². The van der Waals surface area contributed by atoms with Crippen molar-refractivity contribution in [1.29, 1.82) is 0 Å². The van der Waals surface area contributed by atoms with Gasteiger partial charge in [0.05, 0.1) is 20.7 Å². The Hall–Kier alpha value is -4.06. The van der Waals surface area contributed by atoms with Gasteiger partial charge in [0.1, 0.15) is 16.2 Å². The number of carboxylic acid groups (broad SMARTS) is 1. The molecule has 0 atom stereocenters. The summed E-state index contributed by atoms with van der Waals surface area (Å²) in [5.41, 5.74) is 1.60. The second kappa shape index (κ2) is 9.67. The lowest BCUT2D eigenvalue weighted by Crippen LogP contribution is -2.21. The second-order valence-electron chi connectivity index (χ2n) is 8.47. The molecule has 9 nitrogen and oxygen atoms in total. The fourth-order valence-corrected chi connectivity index (χ4v) is 6.13. The Morgan fingerprint density at radius 1 is 1.03 bits per heavy atom. The van der Waals surface area contributed by atoms with Gasteiger partial charge < -0.3 is 14.4 Å². The Morgan fingerprint density at radius 3 is 2.45 bits per heavy atom. The number of rotatable bonds is 7. The van der Waals surface area contributed by atoms with Crippen molar-refractivity contribution in [2.75, 3.05) is 18.0 Å². The van der Waals surface area contributed by atoms with Crippen molar-refractivity contribution < 1.29 is 27.3 Å². The normalized spacial score (nSPS) is 11.8. The number of carbonyl (C=O) groups is 1.